The van der Waals surface area contributed by atoms with E-state index in [1.165, 1.54) is 12.1 Å². The normalized spacial score (nSPS) is 17.9. The smallest absolute Gasteiger partial charge is 0.227 e. The fraction of sp³-hybridized carbons (Fsp3) is 0.519. The van der Waals surface area contributed by atoms with Crippen molar-refractivity contribution in [3.8, 4) is 17.2 Å². The molecule has 0 N–H and O–H groups in total. The lowest BCUT2D eigenvalue weighted by Crippen LogP contribution is -2.39. The Bertz CT molecular complexity index is 1050. The van der Waals surface area contributed by atoms with Crippen LogP contribution < -0.4 is 14.2 Å². The van der Waals surface area contributed by atoms with Crippen molar-refractivity contribution in [2.75, 3.05) is 40.0 Å². The summed E-state index contributed by atoms with van der Waals surface area (Å²) in [5.41, 5.74) is 1.72. The van der Waals surface area contributed by atoms with Crippen LogP contribution in [-0.4, -0.2) is 55.7 Å². The largest absolute Gasteiger partial charge is 0.496 e. The second kappa shape index (κ2) is 11.5. The molecule has 0 bridgehead atoms. The van der Waals surface area contributed by atoms with E-state index in [1.54, 1.807) is 13.2 Å². The van der Waals surface area contributed by atoms with Gasteiger partial charge >= 0.3 is 0 Å². The number of methoxy groups -OCH3 is 1. The molecule has 1 saturated heterocycles. The first kappa shape index (κ1) is 25.6. The Morgan fingerprint density at radius 1 is 1.26 bits per heavy atom. The van der Waals surface area contributed by atoms with Gasteiger partial charge in [-0.1, -0.05) is 25.4 Å². The average molecular weight is 505 g/mol. The summed E-state index contributed by atoms with van der Waals surface area (Å²) in [5, 5.41) is 0.507. The van der Waals surface area contributed by atoms with Crippen LogP contribution >= 0.6 is 11.6 Å². The van der Waals surface area contributed by atoms with Gasteiger partial charge in [0.15, 0.2) is 11.5 Å². The molecule has 0 aliphatic carbocycles. The number of likely N-dealkylation sites (tertiary alicyclic amines) is 1. The van der Waals surface area contributed by atoms with Gasteiger partial charge in [-0.15, -0.1) is 0 Å². The van der Waals surface area contributed by atoms with Crippen molar-refractivity contribution in [1.29, 1.82) is 0 Å². The van der Waals surface area contributed by atoms with E-state index in [0.717, 1.165) is 30.5 Å². The molecule has 2 aromatic rings. The second-order valence-corrected chi connectivity index (χ2v) is 10.2. The highest BCUT2D eigenvalue weighted by molar-refractivity contribution is 6.32. The summed E-state index contributed by atoms with van der Waals surface area (Å²) in [6.07, 6.45) is 1.57. The number of nitrogens with zero attached hydrogens (tertiary/aromatic N) is 2. The van der Waals surface area contributed by atoms with Crippen molar-refractivity contribution in [3.05, 3.63) is 52.3 Å². The maximum atomic E-state index is 13.8. The van der Waals surface area contributed by atoms with Gasteiger partial charge in [0.05, 0.1) is 31.3 Å². The van der Waals surface area contributed by atoms with Gasteiger partial charge in [0.2, 0.25) is 5.91 Å². The van der Waals surface area contributed by atoms with E-state index in [4.69, 9.17) is 25.8 Å². The third-order valence-electron chi connectivity index (χ3n) is 6.39. The van der Waals surface area contributed by atoms with E-state index in [2.05, 4.69) is 18.7 Å². The molecule has 6 nitrogen and oxygen atoms in total. The van der Waals surface area contributed by atoms with Crippen LogP contribution in [0.15, 0.2) is 30.3 Å². The fourth-order valence-electron chi connectivity index (χ4n) is 4.82. The van der Waals surface area contributed by atoms with Gasteiger partial charge < -0.3 is 19.1 Å². The Balaban J connectivity index is 1.46. The summed E-state index contributed by atoms with van der Waals surface area (Å²) < 4.78 is 30.8. The van der Waals surface area contributed by atoms with E-state index in [0.29, 0.717) is 67.6 Å². The minimum atomic E-state index is -0.287. The van der Waals surface area contributed by atoms with Gasteiger partial charge in [0.1, 0.15) is 11.6 Å². The van der Waals surface area contributed by atoms with Crippen LogP contribution in [0.4, 0.5) is 4.39 Å². The van der Waals surface area contributed by atoms with E-state index >= 15 is 0 Å². The van der Waals surface area contributed by atoms with Crippen LogP contribution in [-0.2, 0) is 17.9 Å². The molecule has 0 radical (unpaired) electrons. The van der Waals surface area contributed by atoms with Gasteiger partial charge in [0, 0.05) is 38.2 Å². The lowest BCUT2D eigenvalue weighted by molar-refractivity contribution is -0.136. The Morgan fingerprint density at radius 2 is 2.06 bits per heavy atom. The SMILES string of the molecule is COc1ccc(F)cc1CN1CC[C@@H](C(=O)N(Cc2cc(Cl)c3c(c2)OCCCO3)CC(C)C)C1. The number of ether oxygens (including phenoxy) is 3. The van der Waals surface area contributed by atoms with Crippen LogP contribution in [0.2, 0.25) is 5.02 Å². The number of hydrogen-bond donors (Lipinski definition) is 0. The lowest BCUT2D eigenvalue weighted by atomic mass is 10.0. The topological polar surface area (TPSA) is 51.2 Å². The predicted octanol–water partition coefficient (Wildman–Crippen LogP) is 5.16. The zero-order chi connectivity index (χ0) is 24.9. The second-order valence-electron chi connectivity index (χ2n) is 9.74. The molecule has 1 atom stereocenters. The molecule has 2 heterocycles. The number of amides is 1. The first-order valence-corrected chi connectivity index (χ1v) is 12.6. The Hall–Kier alpha value is -2.51. The molecule has 0 unspecified atom stereocenters. The first-order chi connectivity index (χ1) is 16.8. The van der Waals surface area contributed by atoms with Crippen LogP contribution in [0.1, 0.15) is 37.8 Å². The van der Waals surface area contributed by atoms with Crippen LogP contribution in [0.3, 0.4) is 0 Å². The first-order valence-electron chi connectivity index (χ1n) is 12.3. The Morgan fingerprint density at radius 3 is 2.83 bits per heavy atom. The highest BCUT2D eigenvalue weighted by Crippen LogP contribution is 2.38. The monoisotopic (exact) mass is 504 g/mol. The van der Waals surface area contributed by atoms with Gasteiger partial charge in [-0.05, 0) is 54.8 Å². The molecule has 0 aromatic heterocycles. The standard InChI is InChI=1S/C27H34ClFN2O4/c1-18(2)14-31(15-19-11-23(28)26-25(12-19)34-9-4-10-35-26)27(32)20-7-8-30(16-20)17-21-13-22(29)5-6-24(21)33-3/h5-6,11-13,18,20H,4,7-10,14-17H2,1-3H3/t20-/m1/s1. The molecule has 8 heteroatoms. The summed E-state index contributed by atoms with van der Waals surface area (Å²) in [5.74, 6) is 1.94. The van der Waals surface area contributed by atoms with E-state index in [-0.39, 0.29) is 17.6 Å². The number of carbonyl (C=O) groups excluding carboxylic acids is 1. The Kier molecular flexibility index (Phi) is 8.39. The number of rotatable bonds is 8. The minimum Gasteiger partial charge on any atom is -0.496 e. The predicted molar refractivity (Wildman–Crippen MR) is 134 cm³/mol. The molecule has 1 fully saturated rings. The molecule has 35 heavy (non-hydrogen) atoms. The summed E-state index contributed by atoms with van der Waals surface area (Å²) in [6, 6.07) is 8.35. The number of carbonyl (C=O) groups is 1. The van der Waals surface area contributed by atoms with Crippen molar-refractivity contribution >= 4 is 17.5 Å². The zero-order valence-corrected chi connectivity index (χ0v) is 21.4. The van der Waals surface area contributed by atoms with Crippen LogP contribution in [0.5, 0.6) is 17.2 Å². The number of hydrogen-bond acceptors (Lipinski definition) is 5. The molecule has 2 aliphatic rings. The van der Waals surface area contributed by atoms with Crippen molar-refractivity contribution in [3.63, 3.8) is 0 Å². The van der Waals surface area contributed by atoms with Crippen LogP contribution in [0.25, 0.3) is 0 Å². The van der Waals surface area contributed by atoms with E-state index in [9.17, 15) is 9.18 Å². The summed E-state index contributed by atoms with van der Waals surface area (Å²) in [7, 11) is 1.59. The lowest BCUT2D eigenvalue weighted by Gasteiger charge is -2.28. The molecule has 4 rings (SSSR count). The molecule has 2 aromatic carbocycles. The number of halogens is 2. The minimum absolute atomic E-state index is 0.107. The highest BCUT2D eigenvalue weighted by atomic mass is 35.5. The summed E-state index contributed by atoms with van der Waals surface area (Å²) in [4.78, 5) is 17.7. The maximum Gasteiger partial charge on any atom is 0.227 e. The quantitative estimate of drug-likeness (QED) is 0.497. The molecule has 0 spiro atoms. The van der Waals surface area contributed by atoms with Gasteiger partial charge in [-0.2, -0.15) is 0 Å². The third kappa shape index (κ3) is 6.39. The molecular weight excluding hydrogens is 471 g/mol. The highest BCUT2D eigenvalue weighted by Gasteiger charge is 2.32. The van der Waals surface area contributed by atoms with Crippen molar-refractivity contribution in [2.45, 2.75) is 39.8 Å². The fourth-order valence-corrected chi connectivity index (χ4v) is 5.10. The third-order valence-corrected chi connectivity index (χ3v) is 6.67. The molecule has 1 amide bonds. The van der Waals surface area contributed by atoms with E-state index in [1.807, 2.05) is 17.0 Å². The van der Waals surface area contributed by atoms with E-state index < -0.39 is 0 Å². The number of fused-ring (bicyclic) bond motifs is 1. The van der Waals surface area contributed by atoms with Crippen molar-refractivity contribution < 1.29 is 23.4 Å². The molecule has 0 saturated carbocycles. The number of benzene rings is 2. The van der Waals surface area contributed by atoms with Crippen molar-refractivity contribution in [1.82, 2.24) is 9.80 Å². The van der Waals surface area contributed by atoms with Crippen molar-refractivity contribution in [2.24, 2.45) is 11.8 Å². The molecule has 2 aliphatic heterocycles. The van der Waals surface area contributed by atoms with Gasteiger partial charge in [-0.25, -0.2) is 4.39 Å². The Labute approximate surface area is 211 Å². The van der Waals surface area contributed by atoms with Gasteiger partial charge in [0.25, 0.3) is 0 Å². The molecular formula is C27H34ClFN2O4. The zero-order valence-electron chi connectivity index (χ0n) is 20.7. The maximum absolute atomic E-state index is 13.8. The summed E-state index contributed by atoms with van der Waals surface area (Å²) >= 11 is 6.50. The average Bonchev–Trinajstić information content (AvgIpc) is 3.14. The van der Waals surface area contributed by atoms with Crippen LogP contribution in [0, 0.1) is 17.7 Å². The molecule has 190 valence electrons. The summed E-state index contributed by atoms with van der Waals surface area (Å²) in [6.45, 7) is 8.44. The van der Waals surface area contributed by atoms with Gasteiger partial charge in [-0.3, -0.25) is 9.69 Å².